The zero-order valence-electron chi connectivity index (χ0n) is 19.0. The van der Waals surface area contributed by atoms with E-state index >= 15 is 0 Å². The van der Waals surface area contributed by atoms with Crippen molar-refractivity contribution in [1.82, 2.24) is 10.2 Å². The van der Waals surface area contributed by atoms with Gasteiger partial charge in [-0.3, -0.25) is 9.59 Å². The maximum absolute atomic E-state index is 13.2. The van der Waals surface area contributed by atoms with Crippen LogP contribution in [0, 0.1) is 6.92 Å². The molecule has 0 saturated carbocycles. The Hall–Kier alpha value is -2.82. The first-order chi connectivity index (χ1) is 14.1. The molecule has 0 spiro atoms. The van der Waals surface area contributed by atoms with E-state index in [0.717, 1.165) is 16.9 Å². The van der Waals surface area contributed by atoms with Crippen molar-refractivity contribution in [1.29, 1.82) is 0 Å². The molecule has 0 fully saturated rings. The topological polar surface area (TPSA) is 58.6 Å². The third-order valence-corrected chi connectivity index (χ3v) is 4.90. The second-order valence-electron chi connectivity index (χ2n) is 8.77. The molecule has 0 bridgehead atoms. The molecule has 30 heavy (non-hydrogen) atoms. The predicted octanol–water partition coefficient (Wildman–Crippen LogP) is 4.27. The number of methoxy groups -OCH3 is 1. The molecule has 162 valence electrons. The van der Waals surface area contributed by atoms with E-state index in [2.05, 4.69) is 5.32 Å². The third kappa shape index (κ3) is 7.21. The van der Waals surface area contributed by atoms with E-state index in [1.807, 2.05) is 76.2 Å². The molecule has 5 heteroatoms. The monoisotopic (exact) mass is 410 g/mol. The van der Waals surface area contributed by atoms with Crippen LogP contribution in [-0.2, 0) is 22.6 Å². The van der Waals surface area contributed by atoms with Gasteiger partial charge in [-0.15, -0.1) is 0 Å². The van der Waals surface area contributed by atoms with Gasteiger partial charge in [-0.05, 0) is 64.3 Å². The number of nitrogens with zero attached hydrogens (tertiary/aromatic N) is 1. The average molecular weight is 411 g/mol. The first kappa shape index (κ1) is 23.5. The Balaban J connectivity index is 2.18. The standard InChI is InChI=1S/C25H34N2O3/c1-18-10-12-20(13-11-18)14-15-23(28)27(19(2)24(29)26-25(3,4)5)17-21-8-7-9-22(16-21)30-6/h7-13,16,19H,14-15,17H2,1-6H3,(H,26,29). The van der Waals surface area contributed by atoms with Crippen molar-refractivity contribution < 1.29 is 14.3 Å². The van der Waals surface area contributed by atoms with Crippen molar-refractivity contribution >= 4 is 11.8 Å². The lowest BCUT2D eigenvalue weighted by atomic mass is 10.1. The number of nitrogens with one attached hydrogen (secondary N) is 1. The predicted molar refractivity (Wildman–Crippen MR) is 120 cm³/mol. The number of ether oxygens (including phenoxy) is 1. The maximum Gasteiger partial charge on any atom is 0.242 e. The Morgan fingerprint density at radius 1 is 1.07 bits per heavy atom. The van der Waals surface area contributed by atoms with E-state index < -0.39 is 6.04 Å². The highest BCUT2D eigenvalue weighted by atomic mass is 16.5. The minimum atomic E-state index is -0.582. The minimum absolute atomic E-state index is 0.0463. The fourth-order valence-electron chi connectivity index (χ4n) is 3.17. The number of carbonyl (C=O) groups is 2. The van der Waals surface area contributed by atoms with Crippen molar-refractivity contribution in [2.75, 3.05) is 7.11 Å². The summed E-state index contributed by atoms with van der Waals surface area (Å²) in [6.07, 6.45) is 0.988. The molecule has 1 atom stereocenters. The van der Waals surface area contributed by atoms with Gasteiger partial charge in [0.2, 0.25) is 11.8 Å². The van der Waals surface area contributed by atoms with E-state index in [-0.39, 0.29) is 17.4 Å². The smallest absolute Gasteiger partial charge is 0.242 e. The number of aryl methyl sites for hydroxylation is 2. The molecule has 1 unspecified atom stereocenters. The van der Waals surface area contributed by atoms with Crippen molar-refractivity contribution in [2.24, 2.45) is 0 Å². The molecular formula is C25H34N2O3. The van der Waals surface area contributed by atoms with Crippen LogP contribution in [0.15, 0.2) is 48.5 Å². The van der Waals surface area contributed by atoms with Crippen LogP contribution >= 0.6 is 0 Å². The van der Waals surface area contributed by atoms with E-state index in [1.54, 1.807) is 18.9 Å². The lowest BCUT2D eigenvalue weighted by molar-refractivity contribution is -0.141. The van der Waals surface area contributed by atoms with Crippen LogP contribution in [0.1, 0.15) is 50.8 Å². The molecule has 2 aromatic carbocycles. The van der Waals surface area contributed by atoms with Crippen LogP contribution in [0.25, 0.3) is 0 Å². The molecule has 5 nitrogen and oxygen atoms in total. The van der Waals surface area contributed by atoms with Crippen molar-refractivity contribution in [3.8, 4) is 5.75 Å². The normalized spacial score (nSPS) is 12.2. The van der Waals surface area contributed by atoms with E-state index in [9.17, 15) is 9.59 Å². The van der Waals surface area contributed by atoms with E-state index in [1.165, 1.54) is 5.56 Å². The molecular weight excluding hydrogens is 376 g/mol. The lowest BCUT2D eigenvalue weighted by Gasteiger charge is -2.31. The molecule has 0 radical (unpaired) electrons. The van der Waals surface area contributed by atoms with Crippen molar-refractivity contribution in [3.05, 3.63) is 65.2 Å². The highest BCUT2D eigenvalue weighted by Crippen LogP contribution is 2.18. The van der Waals surface area contributed by atoms with Crippen LogP contribution in [-0.4, -0.2) is 35.4 Å². The van der Waals surface area contributed by atoms with Crippen LogP contribution in [0.3, 0.4) is 0 Å². The summed E-state index contributed by atoms with van der Waals surface area (Å²) in [5.41, 5.74) is 2.87. The molecule has 0 aromatic heterocycles. The van der Waals surface area contributed by atoms with E-state index in [0.29, 0.717) is 19.4 Å². The molecule has 2 amide bonds. The van der Waals surface area contributed by atoms with Gasteiger partial charge in [0.25, 0.3) is 0 Å². The summed E-state index contributed by atoms with van der Waals surface area (Å²) in [6.45, 7) is 9.98. The van der Waals surface area contributed by atoms with Gasteiger partial charge < -0.3 is 15.0 Å². The molecule has 0 aliphatic heterocycles. The third-order valence-electron chi connectivity index (χ3n) is 4.90. The summed E-state index contributed by atoms with van der Waals surface area (Å²) in [5, 5.41) is 2.99. The highest BCUT2D eigenvalue weighted by Gasteiger charge is 2.28. The number of hydrogen-bond donors (Lipinski definition) is 1. The SMILES string of the molecule is COc1cccc(CN(C(=O)CCc2ccc(C)cc2)C(C)C(=O)NC(C)(C)C)c1. The fourth-order valence-corrected chi connectivity index (χ4v) is 3.17. The van der Waals surface area contributed by atoms with Gasteiger partial charge in [0, 0.05) is 18.5 Å². The number of carbonyl (C=O) groups excluding carboxylic acids is 2. The summed E-state index contributed by atoms with van der Waals surface area (Å²) in [4.78, 5) is 27.6. The minimum Gasteiger partial charge on any atom is -0.497 e. The molecule has 2 aromatic rings. The Morgan fingerprint density at radius 2 is 1.73 bits per heavy atom. The summed E-state index contributed by atoms with van der Waals surface area (Å²) < 4.78 is 5.30. The van der Waals surface area contributed by atoms with Gasteiger partial charge in [-0.1, -0.05) is 42.0 Å². The quantitative estimate of drug-likeness (QED) is 0.707. The fraction of sp³-hybridized carbons (Fsp3) is 0.440. The number of rotatable bonds is 8. The second-order valence-corrected chi connectivity index (χ2v) is 8.77. The molecule has 0 heterocycles. The molecule has 0 saturated heterocycles. The van der Waals surface area contributed by atoms with Gasteiger partial charge in [0.1, 0.15) is 11.8 Å². The van der Waals surface area contributed by atoms with Gasteiger partial charge in [0.05, 0.1) is 7.11 Å². The Labute approximate surface area is 180 Å². The first-order valence-electron chi connectivity index (χ1n) is 10.4. The molecule has 1 N–H and O–H groups in total. The van der Waals surface area contributed by atoms with Crippen LogP contribution in [0.4, 0.5) is 0 Å². The zero-order valence-corrected chi connectivity index (χ0v) is 19.0. The van der Waals surface area contributed by atoms with Crippen molar-refractivity contribution in [2.45, 2.75) is 65.6 Å². The Bertz CT molecular complexity index is 853. The largest absolute Gasteiger partial charge is 0.497 e. The lowest BCUT2D eigenvalue weighted by Crippen LogP contribution is -2.52. The van der Waals surface area contributed by atoms with Crippen LogP contribution < -0.4 is 10.1 Å². The summed E-state index contributed by atoms with van der Waals surface area (Å²) in [7, 11) is 1.61. The second kappa shape index (κ2) is 10.3. The Morgan fingerprint density at radius 3 is 2.33 bits per heavy atom. The first-order valence-corrected chi connectivity index (χ1v) is 10.4. The summed E-state index contributed by atoms with van der Waals surface area (Å²) in [6, 6.07) is 15.2. The number of amides is 2. The average Bonchev–Trinajstić information content (AvgIpc) is 2.69. The summed E-state index contributed by atoms with van der Waals surface area (Å²) >= 11 is 0. The summed E-state index contributed by atoms with van der Waals surface area (Å²) in [5.74, 6) is 0.524. The van der Waals surface area contributed by atoms with Gasteiger partial charge in [0.15, 0.2) is 0 Å². The number of benzene rings is 2. The zero-order chi connectivity index (χ0) is 22.3. The van der Waals surface area contributed by atoms with Gasteiger partial charge >= 0.3 is 0 Å². The van der Waals surface area contributed by atoms with E-state index in [4.69, 9.17) is 4.74 Å². The van der Waals surface area contributed by atoms with Crippen LogP contribution in [0.5, 0.6) is 5.75 Å². The van der Waals surface area contributed by atoms with Crippen LogP contribution in [0.2, 0.25) is 0 Å². The maximum atomic E-state index is 13.2. The molecule has 2 rings (SSSR count). The highest BCUT2D eigenvalue weighted by molar-refractivity contribution is 5.87. The molecule has 0 aliphatic rings. The van der Waals surface area contributed by atoms with Gasteiger partial charge in [-0.2, -0.15) is 0 Å². The van der Waals surface area contributed by atoms with Gasteiger partial charge in [-0.25, -0.2) is 0 Å². The molecule has 0 aliphatic carbocycles. The van der Waals surface area contributed by atoms with Crippen molar-refractivity contribution in [3.63, 3.8) is 0 Å². The number of hydrogen-bond acceptors (Lipinski definition) is 3. The Kier molecular flexibility index (Phi) is 8.04.